The first kappa shape index (κ1) is 36.7. The number of benzene rings is 2. The number of phosphoric ester groups is 1. The van der Waals surface area contributed by atoms with Gasteiger partial charge in [-0.3, -0.25) is 9.05 Å². The normalized spacial score (nSPS) is 11.4. The Labute approximate surface area is 258 Å². The van der Waals surface area contributed by atoms with Gasteiger partial charge in [0.15, 0.2) is 0 Å². The van der Waals surface area contributed by atoms with Gasteiger partial charge in [0.2, 0.25) is 0 Å². The molecular formula is C34H51O8P. The summed E-state index contributed by atoms with van der Waals surface area (Å²) >= 11 is 0. The van der Waals surface area contributed by atoms with Crippen molar-refractivity contribution in [1.29, 1.82) is 0 Å². The van der Waals surface area contributed by atoms with Crippen LogP contribution in [0.25, 0.3) is 0 Å². The SMILES string of the molecule is O=C(OCCCCCCCCCCOP(=O)(O)OCCCCCCCCCCOC(=O)c1ccccc1)c1ccccc1. The van der Waals surface area contributed by atoms with Crippen molar-refractivity contribution in [2.45, 2.75) is 103 Å². The lowest BCUT2D eigenvalue weighted by Crippen LogP contribution is -2.06. The minimum absolute atomic E-state index is 0.228. The first-order chi connectivity index (χ1) is 21.0. The van der Waals surface area contributed by atoms with Gasteiger partial charge in [0.05, 0.1) is 37.6 Å². The van der Waals surface area contributed by atoms with Crippen molar-refractivity contribution < 1.29 is 37.6 Å². The standard InChI is InChI=1S/C34H51O8P/c35-33(31-23-15-13-16-24-31)39-27-19-9-5-1-3-7-11-21-29-41-43(37,38)42-30-22-12-8-4-2-6-10-20-28-40-34(36)32-25-17-14-18-26-32/h13-18,23-26H,1-12,19-22,27-30H2,(H,37,38). The Morgan fingerprint density at radius 3 is 1.07 bits per heavy atom. The van der Waals surface area contributed by atoms with Crippen molar-refractivity contribution in [2.24, 2.45) is 0 Å². The molecule has 0 spiro atoms. The number of esters is 2. The molecule has 1 N–H and O–H groups in total. The molecule has 240 valence electrons. The van der Waals surface area contributed by atoms with E-state index in [1.54, 1.807) is 24.3 Å². The van der Waals surface area contributed by atoms with E-state index in [2.05, 4.69) is 0 Å². The highest BCUT2D eigenvalue weighted by Gasteiger charge is 2.20. The van der Waals surface area contributed by atoms with Crippen LogP contribution in [-0.2, 0) is 23.1 Å². The van der Waals surface area contributed by atoms with Crippen molar-refractivity contribution in [3.8, 4) is 0 Å². The third-order valence-electron chi connectivity index (χ3n) is 7.07. The topological polar surface area (TPSA) is 108 Å². The Hall–Kier alpha value is -2.51. The van der Waals surface area contributed by atoms with Gasteiger partial charge in [-0.05, 0) is 49.9 Å². The monoisotopic (exact) mass is 618 g/mol. The minimum atomic E-state index is -3.97. The summed E-state index contributed by atoms with van der Waals surface area (Å²) in [5, 5.41) is 0. The zero-order chi connectivity index (χ0) is 30.9. The third kappa shape index (κ3) is 19.4. The Kier molecular flexibility index (Phi) is 20.4. The molecule has 0 unspecified atom stereocenters. The average molecular weight is 619 g/mol. The van der Waals surface area contributed by atoms with Crippen LogP contribution in [-0.4, -0.2) is 43.3 Å². The summed E-state index contributed by atoms with van der Waals surface area (Å²) in [4.78, 5) is 33.6. The molecule has 8 nitrogen and oxygen atoms in total. The van der Waals surface area contributed by atoms with Crippen LogP contribution in [0.2, 0.25) is 0 Å². The molecule has 0 aliphatic rings. The molecule has 2 aromatic rings. The Balaban J connectivity index is 1.28. The quantitative estimate of drug-likeness (QED) is 0.0632. The summed E-state index contributed by atoms with van der Waals surface area (Å²) in [6.45, 7) is 1.36. The lowest BCUT2D eigenvalue weighted by molar-refractivity contribution is 0.0488. The van der Waals surface area contributed by atoms with E-state index in [-0.39, 0.29) is 25.2 Å². The zero-order valence-electron chi connectivity index (χ0n) is 25.7. The van der Waals surface area contributed by atoms with Gasteiger partial charge in [-0.25, -0.2) is 14.2 Å². The number of hydrogen-bond acceptors (Lipinski definition) is 7. The van der Waals surface area contributed by atoms with E-state index in [0.29, 0.717) is 24.3 Å². The molecular weight excluding hydrogens is 567 g/mol. The van der Waals surface area contributed by atoms with Gasteiger partial charge in [-0.1, -0.05) is 113 Å². The highest BCUT2D eigenvalue weighted by atomic mass is 31.2. The molecule has 2 aromatic carbocycles. The van der Waals surface area contributed by atoms with Gasteiger partial charge in [0.1, 0.15) is 0 Å². The van der Waals surface area contributed by atoms with Gasteiger partial charge in [0, 0.05) is 0 Å². The Bertz CT molecular complexity index is 952. The van der Waals surface area contributed by atoms with E-state index in [9.17, 15) is 19.0 Å². The van der Waals surface area contributed by atoms with Crippen molar-refractivity contribution in [3.05, 3.63) is 71.8 Å². The molecule has 9 heteroatoms. The molecule has 0 bridgehead atoms. The van der Waals surface area contributed by atoms with Gasteiger partial charge in [0.25, 0.3) is 0 Å². The predicted molar refractivity (Wildman–Crippen MR) is 169 cm³/mol. The second-order valence-corrected chi connectivity index (χ2v) is 12.2. The van der Waals surface area contributed by atoms with Crippen LogP contribution in [0.15, 0.2) is 60.7 Å². The van der Waals surface area contributed by atoms with Crippen molar-refractivity contribution in [3.63, 3.8) is 0 Å². The molecule has 0 aliphatic carbocycles. The maximum Gasteiger partial charge on any atom is 0.472 e. The maximum atomic E-state index is 12.0. The second-order valence-electron chi connectivity index (χ2n) is 10.8. The molecule has 0 fully saturated rings. The number of phosphoric acid groups is 1. The van der Waals surface area contributed by atoms with Crippen LogP contribution in [0.4, 0.5) is 0 Å². The largest absolute Gasteiger partial charge is 0.472 e. The molecule has 0 aliphatic heterocycles. The molecule has 0 saturated heterocycles. The van der Waals surface area contributed by atoms with Gasteiger partial charge < -0.3 is 14.4 Å². The number of rotatable bonds is 26. The summed E-state index contributed by atoms with van der Waals surface area (Å²) in [5.74, 6) is -0.533. The fourth-order valence-electron chi connectivity index (χ4n) is 4.57. The van der Waals surface area contributed by atoms with E-state index in [4.69, 9.17) is 18.5 Å². The minimum Gasteiger partial charge on any atom is -0.462 e. The fraction of sp³-hybridized carbons (Fsp3) is 0.588. The molecule has 2 rings (SSSR count). The first-order valence-corrected chi connectivity index (χ1v) is 17.5. The molecule has 0 atom stereocenters. The van der Waals surface area contributed by atoms with Crippen molar-refractivity contribution >= 4 is 19.8 Å². The number of carbonyl (C=O) groups is 2. The summed E-state index contributed by atoms with van der Waals surface area (Å²) in [6, 6.07) is 18.1. The molecule has 0 radical (unpaired) electrons. The van der Waals surface area contributed by atoms with E-state index < -0.39 is 7.82 Å². The summed E-state index contributed by atoms with van der Waals surface area (Å²) in [5.41, 5.74) is 1.17. The Morgan fingerprint density at radius 2 is 0.744 bits per heavy atom. The smallest absolute Gasteiger partial charge is 0.462 e. The maximum absolute atomic E-state index is 12.0. The van der Waals surface area contributed by atoms with Gasteiger partial charge in [-0.15, -0.1) is 0 Å². The molecule has 0 amide bonds. The number of ether oxygens (including phenoxy) is 2. The van der Waals surface area contributed by atoms with E-state index >= 15 is 0 Å². The highest BCUT2D eigenvalue weighted by Crippen LogP contribution is 2.43. The van der Waals surface area contributed by atoms with Crippen LogP contribution in [0, 0.1) is 0 Å². The molecule has 0 saturated carbocycles. The van der Waals surface area contributed by atoms with E-state index in [0.717, 1.165) is 103 Å². The lowest BCUT2D eigenvalue weighted by Gasteiger charge is -2.12. The van der Waals surface area contributed by atoms with Crippen LogP contribution in [0.5, 0.6) is 0 Å². The average Bonchev–Trinajstić information content (AvgIpc) is 3.02. The summed E-state index contributed by atoms with van der Waals surface area (Å²) in [6.07, 6.45) is 16.0. The summed E-state index contributed by atoms with van der Waals surface area (Å²) in [7, 11) is -3.97. The summed E-state index contributed by atoms with van der Waals surface area (Å²) < 4.78 is 32.8. The predicted octanol–water partition coefficient (Wildman–Crippen LogP) is 9.08. The molecule has 0 heterocycles. The Morgan fingerprint density at radius 1 is 0.465 bits per heavy atom. The van der Waals surface area contributed by atoms with Crippen molar-refractivity contribution in [2.75, 3.05) is 26.4 Å². The van der Waals surface area contributed by atoms with Crippen LogP contribution < -0.4 is 0 Å². The number of unbranched alkanes of at least 4 members (excludes halogenated alkanes) is 14. The number of hydrogen-bond donors (Lipinski definition) is 1. The van der Waals surface area contributed by atoms with Crippen LogP contribution in [0.1, 0.15) is 123 Å². The van der Waals surface area contributed by atoms with Gasteiger partial charge >= 0.3 is 19.8 Å². The zero-order valence-corrected chi connectivity index (χ0v) is 26.6. The van der Waals surface area contributed by atoms with Crippen molar-refractivity contribution in [1.82, 2.24) is 0 Å². The first-order valence-electron chi connectivity index (χ1n) is 16.0. The molecule has 0 aromatic heterocycles. The second kappa shape index (κ2) is 23.9. The van der Waals surface area contributed by atoms with E-state index in [1.807, 2.05) is 36.4 Å². The highest BCUT2D eigenvalue weighted by molar-refractivity contribution is 7.47. The fourth-order valence-corrected chi connectivity index (χ4v) is 5.37. The lowest BCUT2D eigenvalue weighted by atomic mass is 10.1. The third-order valence-corrected chi connectivity index (χ3v) is 8.09. The molecule has 43 heavy (non-hydrogen) atoms. The van der Waals surface area contributed by atoms with Gasteiger partial charge in [-0.2, -0.15) is 0 Å². The number of carbonyl (C=O) groups excluding carboxylic acids is 2. The van der Waals surface area contributed by atoms with Crippen LogP contribution >= 0.6 is 7.82 Å². The van der Waals surface area contributed by atoms with E-state index in [1.165, 1.54) is 0 Å². The van der Waals surface area contributed by atoms with Crippen LogP contribution in [0.3, 0.4) is 0 Å².